The van der Waals surface area contributed by atoms with Gasteiger partial charge >= 0.3 is 0 Å². The number of amides is 1. The third-order valence-corrected chi connectivity index (χ3v) is 5.35. The first-order valence-corrected chi connectivity index (χ1v) is 9.26. The summed E-state index contributed by atoms with van der Waals surface area (Å²) in [4.78, 5) is 20.9. The van der Waals surface area contributed by atoms with E-state index in [4.69, 9.17) is 5.26 Å². The second-order valence-electron chi connectivity index (χ2n) is 7.12. The molecule has 2 aromatic rings. The highest BCUT2D eigenvalue weighted by atomic mass is 16.2. The van der Waals surface area contributed by atoms with Gasteiger partial charge in [0.1, 0.15) is 6.04 Å². The van der Waals surface area contributed by atoms with Crippen LogP contribution < -0.4 is 5.32 Å². The molecule has 6 heteroatoms. The maximum Gasteiger partial charge on any atom is 0.237 e. The van der Waals surface area contributed by atoms with E-state index < -0.39 is 0 Å². The van der Waals surface area contributed by atoms with Crippen molar-refractivity contribution in [2.45, 2.75) is 31.3 Å². The van der Waals surface area contributed by atoms with E-state index in [1.165, 1.54) is 0 Å². The molecule has 2 aliphatic heterocycles. The van der Waals surface area contributed by atoms with E-state index in [0.717, 1.165) is 48.9 Å². The predicted octanol–water partition coefficient (Wildman–Crippen LogP) is 2.24. The summed E-state index contributed by atoms with van der Waals surface area (Å²) < 4.78 is 0. The van der Waals surface area contributed by atoms with E-state index in [0.29, 0.717) is 19.1 Å². The topological polar surface area (TPSA) is 72.3 Å². The Labute approximate surface area is 153 Å². The number of carbonyl (C=O) groups is 1. The number of hydrogen-bond acceptors (Lipinski definition) is 5. The van der Waals surface area contributed by atoms with Crippen molar-refractivity contribution in [2.75, 3.05) is 31.5 Å². The maximum absolute atomic E-state index is 12.5. The van der Waals surface area contributed by atoms with Crippen LogP contribution in [0.4, 0.5) is 5.69 Å². The number of anilines is 1. The molecule has 0 bridgehead atoms. The number of likely N-dealkylation sites (tertiary alicyclic amines) is 2. The minimum atomic E-state index is -0.235. The van der Waals surface area contributed by atoms with E-state index in [1.54, 1.807) is 4.90 Å². The average Bonchev–Trinajstić information content (AvgIpc) is 3.31. The summed E-state index contributed by atoms with van der Waals surface area (Å²) in [6.45, 7) is 2.85. The highest BCUT2D eigenvalue weighted by Crippen LogP contribution is 2.24. The first kappa shape index (κ1) is 16.8. The minimum Gasteiger partial charge on any atom is -0.379 e. The number of nitriles is 1. The summed E-state index contributed by atoms with van der Waals surface area (Å²) in [6, 6.07) is 12.5. The Balaban J connectivity index is 1.37. The Bertz CT molecular complexity index is 840. The van der Waals surface area contributed by atoms with Crippen molar-refractivity contribution in [1.29, 1.82) is 5.26 Å². The summed E-state index contributed by atoms with van der Waals surface area (Å²) in [7, 11) is 0. The SMILES string of the molecule is N#CC1CCCN1C(=O)CN1CC[C@@H](Nc2cccc3cccnc23)C1. The van der Waals surface area contributed by atoms with Gasteiger partial charge in [-0.3, -0.25) is 14.7 Å². The number of nitrogens with zero attached hydrogens (tertiary/aromatic N) is 4. The van der Waals surface area contributed by atoms with Crippen molar-refractivity contribution in [1.82, 2.24) is 14.8 Å². The molecule has 134 valence electrons. The van der Waals surface area contributed by atoms with Gasteiger partial charge in [0, 0.05) is 37.3 Å². The van der Waals surface area contributed by atoms with Gasteiger partial charge in [-0.05, 0) is 31.4 Å². The van der Waals surface area contributed by atoms with E-state index in [-0.39, 0.29) is 11.9 Å². The highest BCUT2D eigenvalue weighted by molar-refractivity contribution is 5.90. The predicted molar refractivity (Wildman–Crippen MR) is 101 cm³/mol. The Morgan fingerprint density at radius 2 is 2.15 bits per heavy atom. The molecular weight excluding hydrogens is 326 g/mol. The number of rotatable bonds is 4. The average molecular weight is 349 g/mol. The molecule has 0 spiro atoms. The van der Waals surface area contributed by atoms with E-state index in [1.807, 2.05) is 18.3 Å². The number of fused-ring (bicyclic) bond motifs is 1. The summed E-state index contributed by atoms with van der Waals surface area (Å²) in [5.41, 5.74) is 2.03. The molecule has 4 rings (SSSR count). The molecule has 2 atom stereocenters. The molecule has 1 unspecified atom stereocenters. The lowest BCUT2D eigenvalue weighted by Gasteiger charge is -2.23. The number of carbonyl (C=O) groups excluding carboxylic acids is 1. The molecule has 3 heterocycles. The molecule has 1 N–H and O–H groups in total. The van der Waals surface area contributed by atoms with Crippen molar-refractivity contribution in [3.8, 4) is 6.07 Å². The molecule has 6 nitrogen and oxygen atoms in total. The highest BCUT2D eigenvalue weighted by Gasteiger charge is 2.31. The molecule has 26 heavy (non-hydrogen) atoms. The quantitative estimate of drug-likeness (QED) is 0.916. The number of aromatic nitrogens is 1. The van der Waals surface area contributed by atoms with Gasteiger partial charge in [0.15, 0.2) is 0 Å². The summed E-state index contributed by atoms with van der Waals surface area (Å²) >= 11 is 0. The zero-order chi connectivity index (χ0) is 17.9. The van der Waals surface area contributed by atoms with E-state index in [2.05, 4.69) is 39.5 Å². The first-order chi connectivity index (χ1) is 12.7. The molecule has 0 aliphatic carbocycles. The number of pyridine rings is 1. The van der Waals surface area contributed by atoms with Crippen LogP contribution in [-0.2, 0) is 4.79 Å². The van der Waals surface area contributed by atoms with Gasteiger partial charge in [-0.25, -0.2) is 0 Å². The van der Waals surface area contributed by atoms with Crippen molar-refractivity contribution in [3.63, 3.8) is 0 Å². The van der Waals surface area contributed by atoms with Gasteiger partial charge in [-0.1, -0.05) is 18.2 Å². The largest absolute Gasteiger partial charge is 0.379 e. The van der Waals surface area contributed by atoms with Gasteiger partial charge < -0.3 is 10.2 Å². The van der Waals surface area contributed by atoms with Crippen molar-refractivity contribution >= 4 is 22.5 Å². The standard InChI is InChI=1S/C20H23N5O/c21-12-17-6-3-10-25(17)19(26)14-24-11-8-16(13-24)23-18-7-1-4-15-5-2-9-22-20(15)18/h1-2,4-5,7,9,16-17,23H,3,6,8,10-11,13-14H2/t16-,17?/m1/s1. The Kier molecular flexibility index (Phi) is 4.72. The maximum atomic E-state index is 12.5. The molecule has 0 radical (unpaired) electrons. The van der Waals surface area contributed by atoms with Crippen LogP contribution in [0, 0.1) is 11.3 Å². The molecule has 1 amide bonds. The summed E-state index contributed by atoms with van der Waals surface area (Å²) in [5, 5.41) is 13.9. The van der Waals surface area contributed by atoms with Gasteiger partial charge in [-0.15, -0.1) is 0 Å². The monoisotopic (exact) mass is 349 g/mol. The smallest absolute Gasteiger partial charge is 0.237 e. The molecule has 2 aliphatic rings. The second kappa shape index (κ2) is 7.30. The molecule has 2 fully saturated rings. The van der Waals surface area contributed by atoms with E-state index in [9.17, 15) is 4.79 Å². The zero-order valence-corrected chi connectivity index (χ0v) is 14.8. The lowest BCUT2D eigenvalue weighted by atomic mass is 10.1. The van der Waals surface area contributed by atoms with Crippen LogP contribution in [0.5, 0.6) is 0 Å². The summed E-state index contributed by atoms with van der Waals surface area (Å²) in [6.07, 6.45) is 4.55. The van der Waals surface area contributed by atoms with Gasteiger partial charge in [-0.2, -0.15) is 5.26 Å². The van der Waals surface area contributed by atoms with Gasteiger partial charge in [0.2, 0.25) is 5.91 Å². The van der Waals surface area contributed by atoms with Crippen LogP contribution in [0.1, 0.15) is 19.3 Å². The fourth-order valence-corrected chi connectivity index (χ4v) is 4.02. The Morgan fingerprint density at radius 3 is 3.04 bits per heavy atom. The van der Waals surface area contributed by atoms with Gasteiger partial charge in [0.25, 0.3) is 0 Å². The number of para-hydroxylation sites is 1. The van der Waals surface area contributed by atoms with Crippen LogP contribution in [0.15, 0.2) is 36.5 Å². The fraction of sp³-hybridized carbons (Fsp3) is 0.450. The van der Waals surface area contributed by atoms with Crippen LogP contribution in [-0.4, -0.2) is 59.0 Å². The lowest BCUT2D eigenvalue weighted by Crippen LogP contribution is -2.42. The number of nitrogens with one attached hydrogen (secondary N) is 1. The molecular formula is C20H23N5O. The first-order valence-electron chi connectivity index (χ1n) is 9.26. The van der Waals surface area contributed by atoms with Crippen LogP contribution in [0.25, 0.3) is 10.9 Å². The molecule has 2 saturated heterocycles. The van der Waals surface area contributed by atoms with Crippen molar-refractivity contribution in [3.05, 3.63) is 36.5 Å². The molecule has 1 aromatic carbocycles. The normalized spacial score (nSPS) is 23.3. The van der Waals surface area contributed by atoms with Crippen molar-refractivity contribution in [2.24, 2.45) is 0 Å². The Morgan fingerprint density at radius 1 is 1.27 bits per heavy atom. The molecule has 1 aromatic heterocycles. The third kappa shape index (κ3) is 3.35. The van der Waals surface area contributed by atoms with Crippen LogP contribution >= 0.6 is 0 Å². The van der Waals surface area contributed by atoms with Crippen LogP contribution in [0.2, 0.25) is 0 Å². The lowest BCUT2D eigenvalue weighted by molar-refractivity contribution is -0.132. The zero-order valence-electron chi connectivity index (χ0n) is 14.8. The molecule has 0 saturated carbocycles. The summed E-state index contributed by atoms with van der Waals surface area (Å²) in [5.74, 6) is 0.0847. The van der Waals surface area contributed by atoms with Crippen LogP contribution in [0.3, 0.4) is 0 Å². The van der Waals surface area contributed by atoms with Gasteiger partial charge in [0.05, 0.1) is 23.8 Å². The fourth-order valence-electron chi connectivity index (χ4n) is 4.02. The van der Waals surface area contributed by atoms with Crippen molar-refractivity contribution < 1.29 is 4.79 Å². The van der Waals surface area contributed by atoms with E-state index >= 15 is 0 Å². The Hall–Kier alpha value is -2.65. The number of hydrogen-bond donors (Lipinski definition) is 1. The minimum absolute atomic E-state index is 0.0847. The second-order valence-corrected chi connectivity index (χ2v) is 7.12. The third-order valence-electron chi connectivity index (χ3n) is 5.35. The number of benzene rings is 1.